The number of halogens is 2. The SMILES string of the molecule is Cl.NCC1CCCCC1NS(=O)(=O)c1cc(Br)cc(C(N)=O)c1. The Balaban J connectivity index is 0.00000264. The molecule has 0 saturated heterocycles. The lowest BCUT2D eigenvalue weighted by Crippen LogP contribution is -2.44. The highest BCUT2D eigenvalue weighted by atomic mass is 79.9. The van der Waals surface area contributed by atoms with Crippen LogP contribution in [0.5, 0.6) is 0 Å². The van der Waals surface area contributed by atoms with Crippen LogP contribution < -0.4 is 16.2 Å². The van der Waals surface area contributed by atoms with Gasteiger partial charge in [-0.1, -0.05) is 28.8 Å². The molecule has 0 spiro atoms. The number of sulfonamides is 1. The van der Waals surface area contributed by atoms with E-state index >= 15 is 0 Å². The monoisotopic (exact) mass is 425 g/mol. The molecule has 0 aromatic heterocycles. The molecule has 23 heavy (non-hydrogen) atoms. The summed E-state index contributed by atoms with van der Waals surface area (Å²) in [6.45, 7) is 0.457. The Morgan fingerprint density at radius 1 is 1.26 bits per heavy atom. The molecule has 2 rings (SSSR count). The predicted octanol–water partition coefficient (Wildman–Crippen LogP) is 1.77. The predicted molar refractivity (Wildman–Crippen MR) is 95.0 cm³/mol. The van der Waals surface area contributed by atoms with E-state index in [1.54, 1.807) is 0 Å². The molecule has 6 nitrogen and oxygen atoms in total. The van der Waals surface area contributed by atoms with Gasteiger partial charge in [-0.15, -0.1) is 12.4 Å². The lowest BCUT2D eigenvalue weighted by Gasteiger charge is -2.31. The van der Waals surface area contributed by atoms with Crippen molar-refractivity contribution in [1.29, 1.82) is 0 Å². The zero-order chi connectivity index (χ0) is 16.3. The molecule has 1 aromatic carbocycles. The number of benzene rings is 1. The van der Waals surface area contributed by atoms with Gasteiger partial charge in [0.2, 0.25) is 15.9 Å². The first-order valence-corrected chi connectivity index (χ1v) is 9.44. The van der Waals surface area contributed by atoms with Crippen LogP contribution >= 0.6 is 28.3 Å². The number of nitrogens with one attached hydrogen (secondary N) is 1. The van der Waals surface area contributed by atoms with Gasteiger partial charge in [-0.3, -0.25) is 4.79 Å². The zero-order valence-electron chi connectivity index (χ0n) is 12.5. The number of rotatable bonds is 5. The van der Waals surface area contributed by atoms with Crippen molar-refractivity contribution >= 4 is 44.3 Å². The fourth-order valence-corrected chi connectivity index (χ4v) is 4.83. The summed E-state index contributed by atoms with van der Waals surface area (Å²) in [5.74, 6) is -0.526. The van der Waals surface area contributed by atoms with Crippen molar-refractivity contribution in [3.8, 4) is 0 Å². The Morgan fingerprint density at radius 3 is 2.52 bits per heavy atom. The van der Waals surface area contributed by atoms with E-state index in [0.29, 0.717) is 11.0 Å². The van der Waals surface area contributed by atoms with Crippen molar-refractivity contribution in [3.63, 3.8) is 0 Å². The Morgan fingerprint density at radius 2 is 1.91 bits per heavy atom. The number of hydrogen-bond donors (Lipinski definition) is 3. The Kier molecular flexibility index (Phi) is 7.47. The molecule has 5 N–H and O–H groups in total. The lowest BCUT2D eigenvalue weighted by atomic mass is 9.85. The summed E-state index contributed by atoms with van der Waals surface area (Å²) in [4.78, 5) is 11.3. The standard InChI is InChI=1S/C14H20BrN3O3S.ClH/c15-11-5-10(14(17)19)6-12(7-11)22(20,21)18-13-4-2-1-3-9(13)8-16;/h5-7,9,13,18H,1-4,8,16H2,(H2,17,19);1H. The molecule has 1 saturated carbocycles. The Bertz CT molecular complexity index is 669. The van der Waals surface area contributed by atoms with Crippen LogP contribution in [-0.4, -0.2) is 26.9 Å². The first-order chi connectivity index (χ1) is 10.3. The van der Waals surface area contributed by atoms with Gasteiger partial charge in [0, 0.05) is 16.1 Å². The molecule has 0 heterocycles. The Hall–Kier alpha value is -0.670. The molecule has 0 aliphatic heterocycles. The number of hydrogen-bond acceptors (Lipinski definition) is 4. The van der Waals surface area contributed by atoms with Crippen LogP contribution in [0.4, 0.5) is 0 Å². The normalized spacial score (nSPS) is 21.5. The third-order valence-electron chi connectivity index (χ3n) is 3.98. The van der Waals surface area contributed by atoms with Gasteiger partial charge in [0.1, 0.15) is 0 Å². The quantitative estimate of drug-likeness (QED) is 0.665. The molecule has 130 valence electrons. The molecular formula is C14H21BrClN3O3S. The molecular weight excluding hydrogens is 406 g/mol. The molecule has 1 amide bonds. The van der Waals surface area contributed by atoms with Crippen LogP contribution in [0, 0.1) is 5.92 Å². The summed E-state index contributed by atoms with van der Waals surface area (Å²) < 4.78 is 28.3. The zero-order valence-corrected chi connectivity index (χ0v) is 15.7. The van der Waals surface area contributed by atoms with E-state index in [9.17, 15) is 13.2 Å². The molecule has 1 fully saturated rings. The highest BCUT2D eigenvalue weighted by molar-refractivity contribution is 9.10. The highest BCUT2D eigenvalue weighted by Gasteiger charge is 2.29. The van der Waals surface area contributed by atoms with Gasteiger partial charge < -0.3 is 11.5 Å². The second-order valence-corrected chi connectivity index (χ2v) is 8.18. The largest absolute Gasteiger partial charge is 0.366 e. The summed E-state index contributed by atoms with van der Waals surface area (Å²) in [6, 6.07) is 4.06. The average molecular weight is 427 g/mol. The molecule has 2 atom stereocenters. The number of carbonyl (C=O) groups excluding carboxylic acids is 1. The van der Waals surface area contributed by atoms with Crippen LogP contribution in [0.3, 0.4) is 0 Å². The second kappa shape index (κ2) is 8.43. The van der Waals surface area contributed by atoms with E-state index in [2.05, 4.69) is 20.7 Å². The van der Waals surface area contributed by atoms with E-state index in [1.165, 1.54) is 18.2 Å². The van der Waals surface area contributed by atoms with Gasteiger partial charge in [0.15, 0.2) is 0 Å². The van der Waals surface area contributed by atoms with Crippen LogP contribution in [0.1, 0.15) is 36.0 Å². The molecule has 1 aromatic rings. The topological polar surface area (TPSA) is 115 Å². The van der Waals surface area contributed by atoms with Crippen molar-refractivity contribution in [3.05, 3.63) is 28.2 Å². The number of amides is 1. The first kappa shape index (κ1) is 20.4. The fourth-order valence-electron chi connectivity index (χ4n) is 2.77. The van der Waals surface area contributed by atoms with Crippen LogP contribution in [-0.2, 0) is 10.0 Å². The third kappa shape index (κ3) is 5.15. The molecule has 0 radical (unpaired) electrons. The molecule has 0 bridgehead atoms. The summed E-state index contributed by atoms with van der Waals surface area (Å²) in [5.41, 5.74) is 11.1. The molecule has 1 aliphatic carbocycles. The Labute approximate surface area is 151 Å². The minimum atomic E-state index is -3.72. The maximum absolute atomic E-state index is 12.6. The van der Waals surface area contributed by atoms with Crippen LogP contribution in [0.2, 0.25) is 0 Å². The van der Waals surface area contributed by atoms with E-state index in [4.69, 9.17) is 11.5 Å². The van der Waals surface area contributed by atoms with E-state index < -0.39 is 15.9 Å². The molecule has 1 aliphatic rings. The van der Waals surface area contributed by atoms with Crippen molar-refractivity contribution in [2.45, 2.75) is 36.6 Å². The number of nitrogens with two attached hydrogens (primary N) is 2. The smallest absolute Gasteiger partial charge is 0.248 e. The van der Waals surface area contributed by atoms with Crippen molar-refractivity contribution in [1.82, 2.24) is 4.72 Å². The first-order valence-electron chi connectivity index (χ1n) is 7.16. The average Bonchev–Trinajstić information content (AvgIpc) is 2.46. The van der Waals surface area contributed by atoms with E-state index in [1.807, 2.05) is 0 Å². The highest BCUT2D eigenvalue weighted by Crippen LogP contribution is 2.26. The number of carbonyl (C=O) groups is 1. The van der Waals surface area contributed by atoms with E-state index in [0.717, 1.165) is 25.7 Å². The molecule has 9 heteroatoms. The summed E-state index contributed by atoms with van der Waals surface area (Å²) in [7, 11) is -3.72. The summed E-state index contributed by atoms with van der Waals surface area (Å²) in [5, 5.41) is 0. The van der Waals surface area contributed by atoms with Crippen molar-refractivity contribution in [2.75, 3.05) is 6.54 Å². The fraction of sp³-hybridized carbons (Fsp3) is 0.500. The minimum Gasteiger partial charge on any atom is -0.366 e. The van der Waals surface area contributed by atoms with Crippen molar-refractivity contribution in [2.24, 2.45) is 17.4 Å². The van der Waals surface area contributed by atoms with Gasteiger partial charge in [0.05, 0.1) is 4.90 Å². The minimum absolute atomic E-state index is 0. The van der Waals surface area contributed by atoms with Gasteiger partial charge in [-0.25, -0.2) is 13.1 Å². The van der Waals surface area contributed by atoms with Gasteiger partial charge >= 0.3 is 0 Å². The maximum Gasteiger partial charge on any atom is 0.248 e. The summed E-state index contributed by atoms with van der Waals surface area (Å²) in [6.07, 6.45) is 3.75. The third-order valence-corrected chi connectivity index (χ3v) is 5.91. The number of primary amides is 1. The van der Waals surface area contributed by atoms with Gasteiger partial charge in [-0.2, -0.15) is 0 Å². The lowest BCUT2D eigenvalue weighted by molar-refractivity contribution is 0.1000. The maximum atomic E-state index is 12.6. The van der Waals surface area contributed by atoms with Crippen LogP contribution in [0.15, 0.2) is 27.6 Å². The molecule has 2 unspecified atom stereocenters. The van der Waals surface area contributed by atoms with Crippen LogP contribution in [0.25, 0.3) is 0 Å². The van der Waals surface area contributed by atoms with Crippen molar-refractivity contribution < 1.29 is 13.2 Å². The second-order valence-electron chi connectivity index (χ2n) is 5.55. The van der Waals surface area contributed by atoms with E-state index in [-0.39, 0.29) is 34.8 Å². The van der Waals surface area contributed by atoms with Gasteiger partial charge in [-0.05, 0) is 43.5 Å². The summed E-state index contributed by atoms with van der Waals surface area (Å²) >= 11 is 3.20. The van der Waals surface area contributed by atoms with Gasteiger partial charge in [0.25, 0.3) is 0 Å².